The average Bonchev–Trinajstić information content (AvgIpc) is 2.46. The third-order valence-electron chi connectivity index (χ3n) is 3.40. The molecule has 0 fully saturated rings. The van der Waals surface area contributed by atoms with Crippen LogP contribution in [0.15, 0.2) is 48.5 Å². The maximum Gasteiger partial charge on any atom is 0.281 e. The maximum absolute atomic E-state index is 12.5. The van der Waals surface area contributed by atoms with Crippen molar-refractivity contribution in [3.05, 3.63) is 70.8 Å². The predicted molar refractivity (Wildman–Crippen MR) is 84.4 cm³/mol. The van der Waals surface area contributed by atoms with Crippen LogP contribution >= 0.6 is 0 Å². The van der Waals surface area contributed by atoms with Crippen molar-refractivity contribution in [1.82, 2.24) is 0 Å². The van der Waals surface area contributed by atoms with Crippen LogP contribution in [0.5, 0.6) is 0 Å². The molecule has 2 N–H and O–H groups in total. The lowest BCUT2D eigenvalue weighted by molar-refractivity contribution is 0.0982. The van der Waals surface area contributed by atoms with E-state index in [2.05, 4.69) is 0 Å². The van der Waals surface area contributed by atoms with Crippen LogP contribution < -0.4 is 0 Å². The van der Waals surface area contributed by atoms with E-state index < -0.39 is 19.9 Å². The van der Waals surface area contributed by atoms with Crippen LogP contribution in [0.4, 0.5) is 0 Å². The summed E-state index contributed by atoms with van der Waals surface area (Å²) in [7, 11) is -6.18. The Morgan fingerprint density at radius 3 is 1.41 bits per heavy atom. The highest BCUT2D eigenvalue weighted by Crippen LogP contribution is 2.30. The lowest BCUT2D eigenvalue weighted by Crippen LogP contribution is -2.48. The first-order valence-corrected chi connectivity index (χ1v) is 8.38. The van der Waals surface area contributed by atoms with Crippen LogP contribution in [-0.2, 0) is 9.63 Å². The van der Waals surface area contributed by atoms with Crippen molar-refractivity contribution in [2.45, 2.75) is 13.8 Å². The van der Waals surface area contributed by atoms with Crippen molar-refractivity contribution in [3.8, 4) is 0 Å². The molecule has 0 saturated heterocycles. The summed E-state index contributed by atoms with van der Waals surface area (Å²) in [5, 5.41) is -2.97. The van der Waals surface area contributed by atoms with Crippen molar-refractivity contribution in [1.29, 1.82) is 0 Å². The van der Waals surface area contributed by atoms with Crippen molar-refractivity contribution in [2.75, 3.05) is 0 Å². The van der Waals surface area contributed by atoms with Crippen LogP contribution in [0, 0.1) is 13.8 Å². The second-order valence-electron chi connectivity index (χ2n) is 5.07. The first kappa shape index (κ1) is 16.2. The third-order valence-corrected chi connectivity index (χ3v) is 5.18. The maximum atomic E-state index is 12.5. The summed E-state index contributed by atoms with van der Waals surface area (Å²) < 4.78 is 32.7. The van der Waals surface area contributed by atoms with E-state index in [1.807, 2.05) is 0 Å². The average molecular weight is 320 g/mol. The molecule has 0 heterocycles. The highest BCUT2D eigenvalue weighted by Gasteiger charge is 2.49. The van der Waals surface area contributed by atoms with E-state index in [0.717, 1.165) is 0 Å². The normalized spacial score (nSPS) is 13.2. The lowest BCUT2D eigenvalue weighted by Gasteiger charge is -2.27. The van der Waals surface area contributed by atoms with E-state index in [1.54, 1.807) is 38.1 Å². The van der Waals surface area contributed by atoms with Gasteiger partial charge in [0.2, 0.25) is 9.63 Å². The summed E-state index contributed by atoms with van der Waals surface area (Å²) in [6, 6.07) is 11.9. The molecule has 0 aromatic heterocycles. The first-order valence-electron chi connectivity index (χ1n) is 6.50. The molecular formula is C16H16O5S. The zero-order chi connectivity index (χ0) is 16.6. The van der Waals surface area contributed by atoms with Gasteiger partial charge < -0.3 is 0 Å². The summed E-state index contributed by atoms with van der Waals surface area (Å²) in [6.45, 7) is 3.10. The second kappa shape index (κ2) is 5.24. The smallest absolute Gasteiger partial charge is 0.281 e. The van der Waals surface area contributed by atoms with Gasteiger partial charge in [-0.2, -0.15) is 0 Å². The molecule has 0 aliphatic carbocycles. The summed E-state index contributed by atoms with van der Waals surface area (Å²) in [5.74, 6) is 0. The fraction of sp³-hybridized carbons (Fsp3) is 0.125. The number of hydrogen-bond acceptors (Lipinski definition) is 3. The Labute approximate surface area is 128 Å². The zero-order valence-electron chi connectivity index (χ0n) is 12.1. The Hall–Kier alpha value is -2.15. The minimum Gasteiger partial charge on any atom is -0.296 e. The first-order chi connectivity index (χ1) is 10.1. The Morgan fingerprint density at radius 2 is 1.09 bits per heavy atom. The Kier molecular flexibility index (Phi) is 3.87. The Morgan fingerprint density at radius 1 is 0.773 bits per heavy atom. The van der Waals surface area contributed by atoms with Gasteiger partial charge in [0.15, 0.2) is 0 Å². The second-order valence-corrected chi connectivity index (χ2v) is 7.54. The monoisotopic (exact) mass is 320 g/mol. The van der Waals surface area contributed by atoms with E-state index >= 15 is 0 Å². The molecule has 0 unspecified atom stereocenters. The van der Waals surface area contributed by atoms with Gasteiger partial charge in [0.25, 0.3) is 10.2 Å². The van der Waals surface area contributed by atoms with Gasteiger partial charge >= 0.3 is 0 Å². The number of carbonyl (C=O) groups excluding carboxylic acids is 2. The molecule has 0 bridgehead atoms. The van der Waals surface area contributed by atoms with Crippen molar-refractivity contribution in [3.63, 3.8) is 0 Å². The van der Waals surface area contributed by atoms with E-state index in [0.29, 0.717) is 11.1 Å². The number of hydrogen-bond donors (Lipinski definition) is 2. The topological polar surface area (TPSA) is 91.7 Å². The molecule has 22 heavy (non-hydrogen) atoms. The molecule has 6 heteroatoms. The molecule has 0 aliphatic heterocycles. The summed E-state index contributed by atoms with van der Waals surface area (Å²) in [4.78, 5) is 24.7. The molecule has 2 aromatic carbocycles. The highest BCUT2D eigenvalue weighted by molar-refractivity contribution is 8.35. The lowest BCUT2D eigenvalue weighted by atomic mass is 10.1. The fourth-order valence-corrected chi connectivity index (χ4v) is 3.50. The zero-order valence-corrected chi connectivity index (χ0v) is 13.0. The molecule has 0 spiro atoms. The van der Waals surface area contributed by atoms with Gasteiger partial charge in [-0.25, -0.2) is 4.21 Å². The van der Waals surface area contributed by atoms with Crippen LogP contribution in [0.2, 0.25) is 0 Å². The summed E-state index contributed by atoms with van der Waals surface area (Å²) in [5.41, 5.74) is 0.469. The van der Waals surface area contributed by atoms with Gasteiger partial charge in [-0.1, -0.05) is 48.5 Å². The minimum absolute atomic E-state index is 0.161. The number of aryl methyl sites for hydroxylation is 2. The van der Waals surface area contributed by atoms with Gasteiger partial charge in [0.1, 0.15) is 0 Å². The van der Waals surface area contributed by atoms with E-state index in [9.17, 15) is 22.9 Å². The molecule has 0 amide bonds. The van der Waals surface area contributed by atoms with E-state index in [-0.39, 0.29) is 11.1 Å². The molecule has 0 atom stereocenters. The van der Waals surface area contributed by atoms with Crippen molar-refractivity contribution >= 4 is 19.9 Å². The SMILES string of the molecule is Cc1ccccc1C(=O)S(=O)(O)(O)C(=O)c1ccccc1C. The van der Waals surface area contributed by atoms with Crippen molar-refractivity contribution in [2.24, 2.45) is 0 Å². The number of rotatable bonds is 2. The molecule has 0 radical (unpaired) electrons. The Balaban J connectivity index is 2.58. The Bertz CT molecular complexity index is 768. The van der Waals surface area contributed by atoms with Crippen LogP contribution in [-0.4, -0.2) is 23.5 Å². The van der Waals surface area contributed by atoms with E-state index in [4.69, 9.17) is 0 Å². The summed E-state index contributed by atoms with van der Waals surface area (Å²) in [6.07, 6.45) is 0. The van der Waals surface area contributed by atoms with Crippen LogP contribution in [0.3, 0.4) is 0 Å². The van der Waals surface area contributed by atoms with Crippen LogP contribution in [0.1, 0.15) is 31.8 Å². The predicted octanol–water partition coefficient (Wildman–Crippen LogP) is 3.05. The van der Waals surface area contributed by atoms with Gasteiger partial charge in [0.05, 0.1) is 0 Å². The van der Waals surface area contributed by atoms with Gasteiger partial charge in [-0.15, -0.1) is 0 Å². The number of benzene rings is 2. The van der Waals surface area contributed by atoms with Crippen LogP contribution in [0.25, 0.3) is 0 Å². The van der Waals surface area contributed by atoms with Gasteiger partial charge in [-0.05, 0) is 25.0 Å². The molecule has 2 aromatic rings. The fourth-order valence-electron chi connectivity index (χ4n) is 2.08. The molecule has 116 valence electrons. The molecule has 5 nitrogen and oxygen atoms in total. The largest absolute Gasteiger partial charge is 0.296 e. The van der Waals surface area contributed by atoms with E-state index in [1.165, 1.54) is 24.3 Å². The highest BCUT2D eigenvalue weighted by atomic mass is 32.3. The minimum atomic E-state index is -6.18. The van der Waals surface area contributed by atoms with Gasteiger partial charge in [-0.3, -0.25) is 18.7 Å². The number of carbonyl (C=O) groups is 2. The van der Waals surface area contributed by atoms with Crippen molar-refractivity contribution < 1.29 is 22.9 Å². The molecular weight excluding hydrogens is 304 g/mol. The standard InChI is InChI=1S/C16H16O5S/c1-11-7-3-5-9-13(11)15(17)22(19,20,21)16(18)14-10-6-4-8-12(14)2/h3-10H,1-2H3,(H2,19,20,21). The third kappa shape index (κ3) is 2.64. The van der Waals surface area contributed by atoms with Gasteiger partial charge in [0, 0.05) is 11.1 Å². The molecule has 0 saturated carbocycles. The molecule has 2 rings (SSSR count). The summed E-state index contributed by atoms with van der Waals surface area (Å²) >= 11 is 0. The molecule has 0 aliphatic rings. The quantitative estimate of drug-likeness (QED) is 0.887.